The maximum atomic E-state index is 9.73. The van der Waals surface area contributed by atoms with Crippen LogP contribution in [0.4, 0.5) is 5.69 Å². The summed E-state index contributed by atoms with van der Waals surface area (Å²) in [6.45, 7) is 0.686. The first-order valence-electron chi connectivity index (χ1n) is 4.50. The van der Waals surface area contributed by atoms with Gasteiger partial charge in [-0.05, 0) is 28.1 Å². The fourth-order valence-electron chi connectivity index (χ4n) is 1.42. The first-order valence-corrected chi connectivity index (χ1v) is 5.29. The number of phenolic OH excluding ortho intramolecular Hbond substituents is 2. The molecule has 0 amide bonds. The van der Waals surface area contributed by atoms with E-state index in [0.717, 1.165) is 0 Å². The quantitative estimate of drug-likeness (QED) is 0.770. The first kappa shape index (κ1) is 10.1. The second-order valence-corrected chi connectivity index (χ2v) is 4.07. The molecule has 1 aliphatic rings. The van der Waals surface area contributed by atoms with Crippen LogP contribution in [-0.2, 0) is 0 Å². The van der Waals surface area contributed by atoms with E-state index in [-0.39, 0.29) is 11.5 Å². The fourth-order valence-corrected chi connectivity index (χ4v) is 1.75. The monoisotopic (exact) mass is 267 g/mol. The Labute approximate surface area is 96.1 Å². The third kappa shape index (κ3) is 1.99. The SMILES string of the molecule is Oc1cc(N2C=CC=CC2)c(O)cc1Br. The highest BCUT2D eigenvalue weighted by molar-refractivity contribution is 9.10. The Balaban J connectivity index is 2.40. The number of hydrogen-bond acceptors (Lipinski definition) is 3. The zero-order valence-electron chi connectivity index (χ0n) is 7.89. The molecule has 0 aliphatic carbocycles. The molecule has 0 spiro atoms. The second-order valence-electron chi connectivity index (χ2n) is 3.21. The van der Waals surface area contributed by atoms with Crippen molar-refractivity contribution in [2.24, 2.45) is 0 Å². The Morgan fingerprint density at radius 3 is 2.60 bits per heavy atom. The number of aromatic hydroxyl groups is 2. The van der Waals surface area contributed by atoms with E-state index in [1.807, 2.05) is 29.3 Å². The van der Waals surface area contributed by atoms with Gasteiger partial charge in [0.1, 0.15) is 11.5 Å². The molecule has 1 heterocycles. The Bertz CT molecular complexity index is 440. The van der Waals surface area contributed by atoms with E-state index in [0.29, 0.717) is 16.7 Å². The third-order valence-corrected chi connectivity index (χ3v) is 2.80. The summed E-state index contributed by atoms with van der Waals surface area (Å²) in [5, 5.41) is 19.3. The molecule has 3 nitrogen and oxygen atoms in total. The van der Waals surface area contributed by atoms with Gasteiger partial charge < -0.3 is 15.1 Å². The van der Waals surface area contributed by atoms with E-state index in [4.69, 9.17) is 0 Å². The molecule has 15 heavy (non-hydrogen) atoms. The summed E-state index contributed by atoms with van der Waals surface area (Å²) in [5.41, 5.74) is 0.594. The van der Waals surface area contributed by atoms with Gasteiger partial charge in [-0.15, -0.1) is 0 Å². The van der Waals surface area contributed by atoms with E-state index in [1.165, 1.54) is 12.1 Å². The van der Waals surface area contributed by atoms with Crippen LogP contribution in [0.2, 0.25) is 0 Å². The van der Waals surface area contributed by atoms with Crippen molar-refractivity contribution in [2.75, 3.05) is 11.4 Å². The molecule has 0 atom stereocenters. The minimum absolute atomic E-state index is 0.116. The van der Waals surface area contributed by atoms with E-state index in [2.05, 4.69) is 15.9 Å². The molecular formula is C11H10BrNO2. The number of halogens is 1. The summed E-state index contributed by atoms with van der Waals surface area (Å²) in [4.78, 5) is 1.85. The summed E-state index contributed by atoms with van der Waals surface area (Å²) in [6, 6.07) is 3.01. The van der Waals surface area contributed by atoms with Crippen molar-refractivity contribution in [1.82, 2.24) is 0 Å². The predicted octanol–water partition coefficient (Wildman–Crippen LogP) is 2.75. The van der Waals surface area contributed by atoms with Gasteiger partial charge >= 0.3 is 0 Å². The average Bonchev–Trinajstić information content (AvgIpc) is 2.25. The molecule has 1 aromatic rings. The van der Waals surface area contributed by atoms with Crippen LogP contribution in [0.25, 0.3) is 0 Å². The van der Waals surface area contributed by atoms with Gasteiger partial charge in [0.25, 0.3) is 0 Å². The van der Waals surface area contributed by atoms with Crippen LogP contribution < -0.4 is 4.90 Å². The number of allylic oxidation sites excluding steroid dienone is 2. The number of anilines is 1. The normalized spacial score (nSPS) is 14.6. The highest BCUT2D eigenvalue weighted by atomic mass is 79.9. The topological polar surface area (TPSA) is 43.7 Å². The van der Waals surface area contributed by atoms with Crippen molar-refractivity contribution in [3.8, 4) is 11.5 Å². The zero-order valence-corrected chi connectivity index (χ0v) is 9.48. The van der Waals surface area contributed by atoms with Gasteiger partial charge in [0.05, 0.1) is 10.2 Å². The average molecular weight is 268 g/mol. The Hall–Kier alpha value is -1.42. The van der Waals surface area contributed by atoms with Crippen LogP contribution in [0, 0.1) is 0 Å². The highest BCUT2D eigenvalue weighted by Crippen LogP contribution is 2.37. The van der Waals surface area contributed by atoms with Gasteiger partial charge in [0, 0.05) is 18.8 Å². The first-order chi connectivity index (χ1) is 7.18. The second kappa shape index (κ2) is 3.98. The predicted molar refractivity (Wildman–Crippen MR) is 63.1 cm³/mol. The van der Waals surface area contributed by atoms with Crippen molar-refractivity contribution in [2.45, 2.75) is 0 Å². The number of benzene rings is 1. The molecule has 0 bridgehead atoms. The molecule has 1 aromatic carbocycles. The lowest BCUT2D eigenvalue weighted by molar-refractivity contribution is 0.457. The Morgan fingerprint density at radius 1 is 1.13 bits per heavy atom. The number of nitrogens with zero attached hydrogens (tertiary/aromatic N) is 1. The summed E-state index contributed by atoms with van der Waals surface area (Å²) < 4.78 is 0.486. The van der Waals surface area contributed by atoms with Gasteiger partial charge in [-0.3, -0.25) is 0 Å². The van der Waals surface area contributed by atoms with Crippen LogP contribution in [0.1, 0.15) is 0 Å². The van der Waals surface area contributed by atoms with Gasteiger partial charge in [-0.25, -0.2) is 0 Å². The molecule has 78 valence electrons. The van der Waals surface area contributed by atoms with Crippen molar-refractivity contribution < 1.29 is 10.2 Å². The van der Waals surface area contributed by atoms with Crippen molar-refractivity contribution in [3.05, 3.63) is 41.0 Å². The van der Waals surface area contributed by atoms with Gasteiger partial charge in [-0.1, -0.05) is 12.2 Å². The molecule has 4 heteroatoms. The van der Waals surface area contributed by atoms with E-state index < -0.39 is 0 Å². The van der Waals surface area contributed by atoms with Crippen molar-refractivity contribution >= 4 is 21.6 Å². The Morgan fingerprint density at radius 2 is 1.93 bits per heavy atom. The van der Waals surface area contributed by atoms with Crippen LogP contribution in [0.5, 0.6) is 11.5 Å². The lowest BCUT2D eigenvalue weighted by atomic mass is 10.2. The highest BCUT2D eigenvalue weighted by Gasteiger charge is 2.12. The van der Waals surface area contributed by atoms with E-state index in [9.17, 15) is 10.2 Å². The van der Waals surface area contributed by atoms with Crippen LogP contribution in [0.3, 0.4) is 0 Å². The minimum atomic E-state index is 0.116. The zero-order chi connectivity index (χ0) is 10.8. The van der Waals surface area contributed by atoms with Crippen molar-refractivity contribution in [1.29, 1.82) is 0 Å². The summed E-state index contributed by atoms with van der Waals surface area (Å²) in [7, 11) is 0. The maximum absolute atomic E-state index is 9.73. The standard InChI is InChI=1S/C11H10BrNO2/c12-8-6-11(15)9(7-10(8)14)13-4-2-1-3-5-13/h1-4,6-7,14-15H,5H2. The van der Waals surface area contributed by atoms with E-state index >= 15 is 0 Å². The molecule has 0 saturated carbocycles. The summed E-state index contributed by atoms with van der Waals surface area (Å²) in [5.74, 6) is 0.255. The largest absolute Gasteiger partial charge is 0.507 e. The van der Waals surface area contributed by atoms with Gasteiger partial charge in [0.2, 0.25) is 0 Å². The van der Waals surface area contributed by atoms with Crippen LogP contribution >= 0.6 is 15.9 Å². The third-order valence-electron chi connectivity index (χ3n) is 2.17. The summed E-state index contributed by atoms with van der Waals surface area (Å²) in [6.07, 6.45) is 7.63. The smallest absolute Gasteiger partial charge is 0.140 e. The fraction of sp³-hybridized carbons (Fsp3) is 0.0909. The minimum Gasteiger partial charge on any atom is -0.507 e. The molecule has 0 fully saturated rings. The number of hydrogen-bond donors (Lipinski definition) is 2. The molecule has 0 radical (unpaired) electrons. The molecule has 1 aliphatic heterocycles. The van der Waals surface area contributed by atoms with Gasteiger partial charge in [0.15, 0.2) is 0 Å². The summed E-state index contributed by atoms with van der Waals surface area (Å²) >= 11 is 3.14. The lowest BCUT2D eigenvalue weighted by Crippen LogP contribution is -2.17. The Kier molecular flexibility index (Phi) is 2.68. The van der Waals surface area contributed by atoms with Crippen LogP contribution in [0.15, 0.2) is 41.0 Å². The molecule has 0 saturated heterocycles. The molecule has 2 rings (SSSR count). The van der Waals surface area contributed by atoms with Crippen LogP contribution in [-0.4, -0.2) is 16.8 Å². The maximum Gasteiger partial charge on any atom is 0.140 e. The number of rotatable bonds is 1. The number of phenols is 2. The molecule has 0 unspecified atom stereocenters. The molecule has 2 N–H and O–H groups in total. The lowest BCUT2D eigenvalue weighted by Gasteiger charge is -2.22. The molecule has 0 aromatic heterocycles. The van der Waals surface area contributed by atoms with E-state index in [1.54, 1.807) is 0 Å². The molecular weight excluding hydrogens is 258 g/mol. The van der Waals surface area contributed by atoms with Gasteiger partial charge in [-0.2, -0.15) is 0 Å². The van der Waals surface area contributed by atoms with Crippen molar-refractivity contribution in [3.63, 3.8) is 0 Å².